The number of aryl methyl sites for hydroxylation is 1. The number of benzene rings is 1. The van der Waals surface area contributed by atoms with E-state index in [4.69, 9.17) is 5.21 Å². The predicted octanol–water partition coefficient (Wildman–Crippen LogP) is 4.62. The van der Waals surface area contributed by atoms with E-state index in [-0.39, 0.29) is 17.1 Å². The molecule has 1 aliphatic rings. The Morgan fingerprint density at radius 1 is 1.27 bits per heavy atom. The summed E-state index contributed by atoms with van der Waals surface area (Å²) in [5.74, 6) is -0.105. The number of Topliss-reactive ketones (excluding diaryl/α,β-unsaturated/α-hetero) is 1. The summed E-state index contributed by atoms with van der Waals surface area (Å²) in [7, 11) is 0. The Morgan fingerprint density at radius 2 is 2.04 bits per heavy atom. The molecule has 0 fully saturated rings. The first-order chi connectivity index (χ1) is 12.3. The SMILES string of the molecule is CC1(C)CC(=O)c2c(n(CCCCCC(=O)NO)c3cc(Br)ccc23)C1. The summed E-state index contributed by atoms with van der Waals surface area (Å²) in [4.78, 5) is 23.9. The Balaban J connectivity index is 1.88. The second-order valence-electron chi connectivity index (χ2n) is 7.92. The molecule has 1 aromatic heterocycles. The average molecular weight is 421 g/mol. The number of hydrogen-bond acceptors (Lipinski definition) is 3. The van der Waals surface area contributed by atoms with Crippen molar-refractivity contribution in [3.05, 3.63) is 33.9 Å². The molecule has 0 unspecified atom stereocenters. The van der Waals surface area contributed by atoms with Gasteiger partial charge in [0.2, 0.25) is 5.91 Å². The van der Waals surface area contributed by atoms with Gasteiger partial charge in [-0.15, -0.1) is 0 Å². The standard InChI is InChI=1S/C20H25BrN2O3/c1-20(2)11-16-19(17(24)12-20)14-8-7-13(21)10-15(14)23(16)9-5-3-4-6-18(25)22-26/h7-8,10,26H,3-6,9,11-12H2,1-2H3,(H,22,25). The summed E-state index contributed by atoms with van der Waals surface area (Å²) in [6.07, 6.45) is 4.38. The zero-order chi connectivity index (χ0) is 18.9. The van der Waals surface area contributed by atoms with Crippen molar-refractivity contribution in [3.63, 3.8) is 0 Å². The number of carbonyl (C=O) groups excluding carboxylic acids is 2. The summed E-state index contributed by atoms with van der Waals surface area (Å²) in [6, 6.07) is 6.12. The van der Waals surface area contributed by atoms with Gasteiger partial charge in [0, 0.05) is 40.5 Å². The van der Waals surface area contributed by atoms with Crippen LogP contribution in [-0.4, -0.2) is 21.5 Å². The van der Waals surface area contributed by atoms with Crippen molar-refractivity contribution >= 4 is 38.5 Å². The highest BCUT2D eigenvalue weighted by atomic mass is 79.9. The van der Waals surface area contributed by atoms with E-state index in [1.54, 1.807) is 5.48 Å². The van der Waals surface area contributed by atoms with Crippen molar-refractivity contribution in [3.8, 4) is 0 Å². The molecule has 2 N–H and O–H groups in total. The number of nitrogens with zero attached hydrogens (tertiary/aromatic N) is 1. The molecule has 0 saturated carbocycles. The first-order valence-corrected chi connectivity index (χ1v) is 9.88. The highest BCUT2D eigenvalue weighted by Crippen LogP contribution is 2.40. The molecule has 0 atom stereocenters. The normalized spacial score (nSPS) is 15.9. The largest absolute Gasteiger partial charge is 0.344 e. The number of rotatable bonds is 6. The van der Waals surface area contributed by atoms with Crippen LogP contribution in [0.1, 0.15) is 62.0 Å². The van der Waals surface area contributed by atoms with Gasteiger partial charge in [0.25, 0.3) is 0 Å². The van der Waals surface area contributed by atoms with E-state index >= 15 is 0 Å². The number of halogens is 1. The average Bonchev–Trinajstić information content (AvgIpc) is 2.86. The van der Waals surface area contributed by atoms with Gasteiger partial charge in [-0.3, -0.25) is 14.8 Å². The van der Waals surface area contributed by atoms with Gasteiger partial charge in [0.15, 0.2) is 5.78 Å². The molecule has 0 radical (unpaired) electrons. The summed E-state index contributed by atoms with van der Waals surface area (Å²) < 4.78 is 3.30. The van der Waals surface area contributed by atoms with Gasteiger partial charge in [-0.25, -0.2) is 5.48 Å². The maximum Gasteiger partial charge on any atom is 0.243 e. The molecule has 3 rings (SSSR count). The van der Waals surface area contributed by atoms with Crippen LogP contribution in [0.4, 0.5) is 0 Å². The third kappa shape index (κ3) is 3.86. The monoisotopic (exact) mass is 420 g/mol. The Hall–Kier alpha value is -1.66. The highest BCUT2D eigenvalue weighted by molar-refractivity contribution is 9.10. The van der Waals surface area contributed by atoms with Crippen LogP contribution in [-0.2, 0) is 17.8 Å². The van der Waals surface area contributed by atoms with E-state index < -0.39 is 0 Å². The van der Waals surface area contributed by atoms with Crippen LogP contribution in [0.15, 0.2) is 22.7 Å². The number of nitrogens with one attached hydrogen (secondary N) is 1. The van der Waals surface area contributed by atoms with Crippen molar-refractivity contribution in [2.24, 2.45) is 5.41 Å². The second-order valence-corrected chi connectivity index (χ2v) is 8.84. The molecule has 0 bridgehead atoms. The fourth-order valence-electron chi connectivity index (χ4n) is 3.95. The topological polar surface area (TPSA) is 71.3 Å². The van der Waals surface area contributed by atoms with Crippen LogP contribution < -0.4 is 5.48 Å². The van der Waals surface area contributed by atoms with Crippen molar-refractivity contribution in [2.75, 3.05) is 0 Å². The molecule has 1 amide bonds. The van der Waals surface area contributed by atoms with Gasteiger partial charge in [0.1, 0.15) is 0 Å². The number of fused-ring (bicyclic) bond motifs is 3. The smallest absolute Gasteiger partial charge is 0.243 e. The van der Waals surface area contributed by atoms with Gasteiger partial charge in [-0.05, 0) is 36.8 Å². The molecule has 6 heteroatoms. The first-order valence-electron chi connectivity index (χ1n) is 9.09. The Morgan fingerprint density at radius 3 is 2.77 bits per heavy atom. The maximum absolute atomic E-state index is 12.8. The number of amides is 1. The van der Waals surface area contributed by atoms with Gasteiger partial charge >= 0.3 is 0 Å². The molecule has 140 valence electrons. The second kappa shape index (κ2) is 7.53. The minimum absolute atomic E-state index is 0.0212. The van der Waals surface area contributed by atoms with Crippen molar-refractivity contribution < 1.29 is 14.8 Å². The molecule has 1 heterocycles. The lowest BCUT2D eigenvalue weighted by Gasteiger charge is -2.29. The van der Waals surface area contributed by atoms with E-state index in [1.807, 2.05) is 12.1 Å². The van der Waals surface area contributed by atoms with Gasteiger partial charge < -0.3 is 4.57 Å². The number of hydroxylamine groups is 1. The zero-order valence-electron chi connectivity index (χ0n) is 15.3. The van der Waals surface area contributed by atoms with Crippen molar-refractivity contribution in [2.45, 2.75) is 58.9 Å². The number of ketones is 1. The Bertz CT molecular complexity index is 854. The molecule has 0 aliphatic heterocycles. The van der Waals surface area contributed by atoms with Gasteiger partial charge in [0.05, 0.1) is 5.52 Å². The number of unbranched alkanes of at least 4 members (excludes halogenated alkanes) is 2. The van der Waals surface area contributed by atoms with Gasteiger partial charge in [-0.2, -0.15) is 0 Å². The minimum Gasteiger partial charge on any atom is -0.344 e. The fourth-order valence-corrected chi connectivity index (χ4v) is 4.30. The summed E-state index contributed by atoms with van der Waals surface area (Å²) in [5, 5.41) is 9.60. The number of aromatic nitrogens is 1. The first kappa shape index (κ1) is 19.1. The Labute approximate surface area is 161 Å². The fraction of sp³-hybridized carbons (Fsp3) is 0.500. The van der Waals surface area contributed by atoms with Crippen molar-refractivity contribution in [1.29, 1.82) is 0 Å². The van der Waals surface area contributed by atoms with Crippen molar-refractivity contribution in [1.82, 2.24) is 10.0 Å². The lowest BCUT2D eigenvalue weighted by atomic mass is 9.75. The highest BCUT2D eigenvalue weighted by Gasteiger charge is 2.35. The van der Waals surface area contributed by atoms with Crippen LogP contribution in [0.25, 0.3) is 10.9 Å². The molecule has 5 nitrogen and oxygen atoms in total. The number of carbonyl (C=O) groups is 2. The van der Waals surface area contributed by atoms with E-state index in [9.17, 15) is 9.59 Å². The zero-order valence-corrected chi connectivity index (χ0v) is 16.9. The molecule has 0 saturated heterocycles. The maximum atomic E-state index is 12.8. The molecular weight excluding hydrogens is 396 g/mol. The summed E-state index contributed by atoms with van der Waals surface area (Å²) in [6.45, 7) is 5.13. The lowest BCUT2D eigenvalue weighted by Crippen LogP contribution is -2.28. The number of hydrogen-bond donors (Lipinski definition) is 2. The van der Waals surface area contributed by atoms with E-state index in [0.717, 1.165) is 58.9 Å². The molecule has 1 aromatic carbocycles. The quantitative estimate of drug-likeness (QED) is 0.406. The van der Waals surface area contributed by atoms with Crippen LogP contribution in [0.3, 0.4) is 0 Å². The minimum atomic E-state index is -0.343. The summed E-state index contributed by atoms with van der Waals surface area (Å²) in [5.41, 5.74) is 4.79. The van der Waals surface area contributed by atoms with Crippen LogP contribution in [0.5, 0.6) is 0 Å². The molecular formula is C20H25BrN2O3. The third-order valence-corrected chi connectivity index (χ3v) is 5.60. The predicted molar refractivity (Wildman–Crippen MR) is 104 cm³/mol. The van der Waals surface area contributed by atoms with E-state index in [1.165, 1.54) is 0 Å². The molecule has 26 heavy (non-hydrogen) atoms. The molecule has 0 spiro atoms. The molecule has 1 aliphatic carbocycles. The van der Waals surface area contributed by atoms with Crippen LogP contribution in [0.2, 0.25) is 0 Å². The Kier molecular flexibility index (Phi) is 5.53. The van der Waals surface area contributed by atoms with Crippen LogP contribution >= 0.6 is 15.9 Å². The summed E-state index contributed by atoms with van der Waals surface area (Å²) >= 11 is 3.55. The van der Waals surface area contributed by atoms with Gasteiger partial charge in [-0.1, -0.05) is 42.3 Å². The van der Waals surface area contributed by atoms with Crippen LogP contribution in [0, 0.1) is 5.41 Å². The van der Waals surface area contributed by atoms with E-state index in [0.29, 0.717) is 12.8 Å². The molecule has 2 aromatic rings. The lowest BCUT2D eigenvalue weighted by molar-refractivity contribution is -0.129. The van der Waals surface area contributed by atoms with E-state index in [2.05, 4.69) is 40.4 Å². The third-order valence-electron chi connectivity index (χ3n) is 5.11.